The molecular formula is C18H15NO3S2. The number of ketones is 1. The average molecular weight is 357 g/mol. The van der Waals surface area contributed by atoms with E-state index in [1.807, 2.05) is 37.3 Å². The highest BCUT2D eigenvalue weighted by molar-refractivity contribution is 7.80. The van der Waals surface area contributed by atoms with E-state index in [0.717, 1.165) is 20.9 Å². The van der Waals surface area contributed by atoms with E-state index in [-0.39, 0.29) is 18.2 Å². The van der Waals surface area contributed by atoms with Crippen LogP contribution in [0.15, 0.2) is 36.0 Å². The van der Waals surface area contributed by atoms with Crippen LogP contribution in [0.2, 0.25) is 0 Å². The number of thiophene rings is 1. The van der Waals surface area contributed by atoms with Gasteiger partial charge in [-0.1, -0.05) is 18.3 Å². The van der Waals surface area contributed by atoms with E-state index in [1.165, 1.54) is 7.11 Å². The van der Waals surface area contributed by atoms with Gasteiger partial charge in [-0.15, -0.1) is 11.3 Å². The Morgan fingerprint density at radius 1 is 1.33 bits per heavy atom. The normalized spacial score (nSPS) is 15.7. The van der Waals surface area contributed by atoms with Crippen molar-refractivity contribution in [3.05, 3.63) is 52.0 Å². The molecule has 6 heteroatoms. The molecule has 122 valence electrons. The molecule has 4 nitrogen and oxygen atoms in total. The number of allylic oxidation sites excluding steroid dienone is 1. The molecule has 1 aromatic heterocycles. The van der Waals surface area contributed by atoms with Gasteiger partial charge in [0.25, 0.3) is 0 Å². The molecule has 0 radical (unpaired) electrons. The third-order valence-electron chi connectivity index (χ3n) is 3.73. The number of nitrogens with one attached hydrogen (secondary N) is 1. The van der Waals surface area contributed by atoms with Crippen molar-refractivity contribution in [3.8, 4) is 10.4 Å². The molecule has 1 aromatic carbocycles. The smallest absolute Gasteiger partial charge is 0.338 e. The zero-order valence-electron chi connectivity index (χ0n) is 13.2. The summed E-state index contributed by atoms with van der Waals surface area (Å²) in [6.07, 6.45) is 2.11. The Kier molecular flexibility index (Phi) is 4.59. The number of hydrogen-bond donors (Lipinski definition) is 1. The van der Waals surface area contributed by atoms with Gasteiger partial charge in [0.15, 0.2) is 5.78 Å². The fourth-order valence-corrected chi connectivity index (χ4v) is 3.69. The van der Waals surface area contributed by atoms with Crippen molar-refractivity contribution in [1.29, 1.82) is 0 Å². The van der Waals surface area contributed by atoms with Crippen LogP contribution in [0.25, 0.3) is 16.5 Å². The van der Waals surface area contributed by atoms with E-state index < -0.39 is 0 Å². The zero-order valence-corrected chi connectivity index (χ0v) is 14.8. The number of esters is 1. The maximum absolute atomic E-state index is 11.8. The van der Waals surface area contributed by atoms with Crippen LogP contribution in [-0.4, -0.2) is 23.9 Å². The number of benzene rings is 1. The summed E-state index contributed by atoms with van der Waals surface area (Å²) >= 11 is 6.60. The summed E-state index contributed by atoms with van der Waals surface area (Å²) in [5.74, 6) is -0.314. The number of carbonyl (C=O) groups is 2. The van der Waals surface area contributed by atoms with Crippen molar-refractivity contribution in [2.45, 2.75) is 13.3 Å². The third-order valence-corrected chi connectivity index (χ3v) is 5.05. The highest BCUT2D eigenvalue weighted by atomic mass is 32.1. The van der Waals surface area contributed by atoms with Crippen molar-refractivity contribution in [1.82, 2.24) is 5.32 Å². The van der Waals surface area contributed by atoms with Gasteiger partial charge in [0.05, 0.1) is 29.8 Å². The van der Waals surface area contributed by atoms with Crippen molar-refractivity contribution < 1.29 is 14.3 Å². The molecule has 2 heterocycles. The van der Waals surface area contributed by atoms with Crippen molar-refractivity contribution >= 4 is 46.4 Å². The molecule has 0 saturated carbocycles. The van der Waals surface area contributed by atoms with E-state index in [1.54, 1.807) is 17.4 Å². The van der Waals surface area contributed by atoms with E-state index >= 15 is 0 Å². The largest absolute Gasteiger partial charge is 0.465 e. The zero-order chi connectivity index (χ0) is 17.3. The van der Waals surface area contributed by atoms with Crippen molar-refractivity contribution in [3.63, 3.8) is 0 Å². The lowest BCUT2D eigenvalue weighted by molar-refractivity contribution is -0.114. The summed E-state index contributed by atoms with van der Waals surface area (Å²) in [7, 11) is 1.37. The SMILES string of the molecule is COC(=O)c1ccc(-c2ccc(/C=C3/NC(=S)CC3=O)s2)cc1C. The number of ether oxygens (including phenoxy) is 1. The summed E-state index contributed by atoms with van der Waals surface area (Å²) in [6.45, 7) is 1.88. The van der Waals surface area contributed by atoms with Crippen LogP contribution in [0.4, 0.5) is 0 Å². The molecule has 1 aliphatic rings. The molecule has 0 bridgehead atoms. The molecule has 1 N–H and O–H groups in total. The lowest BCUT2D eigenvalue weighted by Gasteiger charge is -2.05. The van der Waals surface area contributed by atoms with Gasteiger partial charge in [0, 0.05) is 9.75 Å². The molecule has 1 saturated heterocycles. The van der Waals surface area contributed by atoms with Crippen LogP contribution in [0.1, 0.15) is 27.2 Å². The lowest BCUT2D eigenvalue weighted by atomic mass is 10.0. The summed E-state index contributed by atoms with van der Waals surface area (Å²) in [4.78, 5) is 26.0. The Balaban J connectivity index is 1.87. The first-order chi connectivity index (χ1) is 11.5. The molecule has 0 atom stereocenters. The first-order valence-corrected chi connectivity index (χ1v) is 8.54. The van der Waals surface area contributed by atoms with Crippen LogP contribution in [0.5, 0.6) is 0 Å². The van der Waals surface area contributed by atoms with Gasteiger partial charge in [-0.3, -0.25) is 4.79 Å². The number of aryl methyl sites for hydroxylation is 1. The molecule has 1 aliphatic heterocycles. The fourth-order valence-electron chi connectivity index (χ4n) is 2.51. The maximum Gasteiger partial charge on any atom is 0.338 e. The quantitative estimate of drug-likeness (QED) is 0.515. The third kappa shape index (κ3) is 3.29. The highest BCUT2D eigenvalue weighted by Gasteiger charge is 2.21. The Bertz CT molecular complexity index is 880. The predicted molar refractivity (Wildman–Crippen MR) is 99.2 cm³/mol. The topological polar surface area (TPSA) is 55.4 Å². The minimum absolute atomic E-state index is 0.0215. The Morgan fingerprint density at radius 2 is 2.12 bits per heavy atom. The summed E-state index contributed by atoms with van der Waals surface area (Å²) in [6, 6.07) is 9.60. The number of methoxy groups -OCH3 is 1. The van der Waals surface area contributed by atoms with Crippen LogP contribution in [0, 0.1) is 6.92 Å². The van der Waals surface area contributed by atoms with E-state index in [4.69, 9.17) is 17.0 Å². The van der Waals surface area contributed by atoms with Gasteiger partial charge in [-0.2, -0.15) is 0 Å². The molecule has 24 heavy (non-hydrogen) atoms. The minimum Gasteiger partial charge on any atom is -0.465 e. The van der Waals surface area contributed by atoms with Crippen LogP contribution < -0.4 is 5.32 Å². The molecule has 0 aliphatic carbocycles. The molecule has 0 amide bonds. The predicted octanol–water partition coefficient (Wildman–Crippen LogP) is 3.74. The molecule has 1 fully saturated rings. The van der Waals surface area contributed by atoms with Crippen LogP contribution in [0.3, 0.4) is 0 Å². The van der Waals surface area contributed by atoms with E-state index in [9.17, 15) is 9.59 Å². The number of thiocarbonyl (C=S) groups is 1. The molecule has 3 rings (SSSR count). The van der Waals surface area contributed by atoms with Gasteiger partial charge in [-0.05, 0) is 48.4 Å². The van der Waals surface area contributed by atoms with Crippen LogP contribution >= 0.6 is 23.6 Å². The monoisotopic (exact) mass is 357 g/mol. The number of carbonyl (C=O) groups excluding carboxylic acids is 2. The van der Waals surface area contributed by atoms with E-state index in [2.05, 4.69) is 5.32 Å². The van der Waals surface area contributed by atoms with Gasteiger partial charge >= 0.3 is 5.97 Å². The van der Waals surface area contributed by atoms with Gasteiger partial charge in [0.1, 0.15) is 0 Å². The van der Waals surface area contributed by atoms with Gasteiger partial charge in [0.2, 0.25) is 0 Å². The Hall–Kier alpha value is -2.31. The van der Waals surface area contributed by atoms with Crippen molar-refractivity contribution in [2.75, 3.05) is 7.11 Å². The number of rotatable bonds is 3. The lowest BCUT2D eigenvalue weighted by Crippen LogP contribution is -2.10. The second-order valence-corrected chi connectivity index (χ2v) is 7.04. The average Bonchev–Trinajstić information content (AvgIpc) is 3.13. The second kappa shape index (κ2) is 6.67. The molecule has 2 aromatic rings. The maximum atomic E-state index is 11.8. The molecular weight excluding hydrogens is 342 g/mol. The second-order valence-electron chi connectivity index (χ2n) is 5.43. The summed E-state index contributed by atoms with van der Waals surface area (Å²) in [5, 5.41) is 2.93. The minimum atomic E-state index is -0.336. The summed E-state index contributed by atoms with van der Waals surface area (Å²) < 4.78 is 4.77. The number of Topliss-reactive ketones (excluding diaryl/α,β-unsaturated/α-hetero) is 1. The standard InChI is InChI=1S/C18H15NO3S2/c1-10-7-11(3-5-13(10)18(21)22-2)16-6-4-12(24-16)8-14-15(20)9-17(23)19-14/h3-8H,9H2,1-2H3,(H,19,23)/b14-8+. The Labute approximate surface area is 149 Å². The van der Waals surface area contributed by atoms with Crippen LogP contribution in [-0.2, 0) is 9.53 Å². The van der Waals surface area contributed by atoms with Gasteiger partial charge < -0.3 is 10.1 Å². The van der Waals surface area contributed by atoms with Gasteiger partial charge in [-0.25, -0.2) is 4.79 Å². The number of hydrogen-bond acceptors (Lipinski definition) is 5. The Morgan fingerprint density at radius 3 is 2.75 bits per heavy atom. The van der Waals surface area contributed by atoms with Crippen molar-refractivity contribution in [2.24, 2.45) is 0 Å². The van der Waals surface area contributed by atoms with E-state index in [0.29, 0.717) is 16.2 Å². The molecule has 0 spiro atoms. The summed E-state index contributed by atoms with van der Waals surface area (Å²) in [5.41, 5.74) is 3.00. The molecule has 0 unspecified atom stereocenters. The highest BCUT2D eigenvalue weighted by Crippen LogP contribution is 2.31. The first kappa shape index (κ1) is 16.5. The fraction of sp³-hybridized carbons (Fsp3) is 0.167. The first-order valence-electron chi connectivity index (χ1n) is 7.32.